The molecule has 6 N–H and O–H groups in total. The summed E-state index contributed by atoms with van der Waals surface area (Å²) < 4.78 is 5.17. The number of methoxy groups -OCH3 is 1. The number of hydrogen-bond donors (Lipinski definition) is 3. The Balaban J connectivity index is 0.00000121. The summed E-state index contributed by atoms with van der Waals surface area (Å²) in [6.45, 7) is 4.00. The van der Waals surface area contributed by atoms with Crippen molar-refractivity contribution < 1.29 is 4.74 Å². The van der Waals surface area contributed by atoms with Gasteiger partial charge in [-0.3, -0.25) is 0 Å². The lowest BCUT2D eigenvalue weighted by Crippen LogP contribution is -2.20. The Morgan fingerprint density at radius 2 is 1.94 bits per heavy atom. The Bertz CT molecular complexity index is 375. The number of hydrogen-bond acceptors (Lipinski definition) is 5. The van der Waals surface area contributed by atoms with Crippen LogP contribution in [0.4, 0.5) is 5.69 Å². The first-order chi connectivity index (χ1) is 8.06. The molecule has 17 heavy (non-hydrogen) atoms. The molecule has 1 aromatic carbocycles. The van der Waals surface area contributed by atoms with Crippen LogP contribution in [0.15, 0.2) is 24.4 Å². The van der Waals surface area contributed by atoms with E-state index >= 15 is 0 Å². The van der Waals surface area contributed by atoms with Crippen LogP contribution in [0.25, 0.3) is 5.70 Å². The average Bonchev–Trinajstić information content (AvgIpc) is 2.30. The van der Waals surface area contributed by atoms with Crippen molar-refractivity contribution in [2.45, 2.75) is 13.8 Å². The third kappa shape index (κ3) is 4.24. The first kappa shape index (κ1) is 15.1. The lowest BCUT2D eigenvalue weighted by atomic mass is 10.1. The van der Waals surface area contributed by atoms with Crippen LogP contribution in [0.3, 0.4) is 0 Å². The first-order valence-corrected chi connectivity index (χ1v) is 5.44. The number of nitrogens with two attached hydrogens (primary N) is 3. The molecule has 0 spiro atoms. The van der Waals surface area contributed by atoms with E-state index in [0.29, 0.717) is 17.1 Å². The average molecular weight is 238 g/mol. The summed E-state index contributed by atoms with van der Waals surface area (Å²) in [6.07, 6.45) is 1.59. The second kappa shape index (κ2) is 7.40. The smallest absolute Gasteiger partial charge is 0.151 e. The van der Waals surface area contributed by atoms with E-state index in [1.165, 1.54) is 5.01 Å². The van der Waals surface area contributed by atoms with Gasteiger partial charge in [-0.25, -0.2) is 5.84 Å². The molecule has 5 nitrogen and oxygen atoms in total. The van der Waals surface area contributed by atoms with Gasteiger partial charge in [0.05, 0.1) is 18.5 Å². The maximum absolute atomic E-state index is 5.85. The minimum absolute atomic E-state index is 0.504. The molecule has 0 saturated heterocycles. The summed E-state index contributed by atoms with van der Waals surface area (Å²) >= 11 is 0. The molecular weight excluding hydrogens is 216 g/mol. The van der Waals surface area contributed by atoms with Gasteiger partial charge in [0.15, 0.2) is 5.75 Å². The quantitative estimate of drug-likeness (QED) is 0.420. The molecule has 0 unspecified atom stereocenters. The maximum atomic E-state index is 5.85. The molecule has 0 amide bonds. The van der Waals surface area contributed by atoms with Crippen LogP contribution in [0.1, 0.15) is 19.4 Å². The van der Waals surface area contributed by atoms with Gasteiger partial charge in [0.25, 0.3) is 0 Å². The molecule has 0 bridgehead atoms. The monoisotopic (exact) mass is 238 g/mol. The van der Waals surface area contributed by atoms with Crippen molar-refractivity contribution in [2.24, 2.45) is 11.6 Å². The number of rotatable bonds is 3. The molecule has 0 aliphatic carbocycles. The van der Waals surface area contributed by atoms with Crippen molar-refractivity contribution in [3.63, 3.8) is 0 Å². The normalized spacial score (nSPS) is 10.3. The Hall–Kier alpha value is -1.88. The molecule has 1 aromatic rings. The summed E-state index contributed by atoms with van der Waals surface area (Å²) in [4.78, 5) is 0. The minimum atomic E-state index is 0.504. The molecule has 0 radical (unpaired) electrons. The zero-order valence-electron chi connectivity index (χ0n) is 10.9. The zero-order valence-corrected chi connectivity index (χ0v) is 10.9. The largest absolute Gasteiger partial charge is 0.494 e. The van der Waals surface area contributed by atoms with Gasteiger partial charge >= 0.3 is 0 Å². The number of benzene rings is 1. The van der Waals surface area contributed by atoms with Crippen LogP contribution in [-0.4, -0.2) is 19.2 Å². The van der Waals surface area contributed by atoms with E-state index in [2.05, 4.69) is 0 Å². The van der Waals surface area contributed by atoms with E-state index in [4.69, 9.17) is 22.0 Å². The summed E-state index contributed by atoms with van der Waals surface area (Å²) in [5.74, 6) is 6.03. The fourth-order valence-electron chi connectivity index (χ4n) is 1.30. The Morgan fingerprint density at radius 1 is 1.35 bits per heavy atom. The number of para-hydroxylation sites is 1. The lowest BCUT2D eigenvalue weighted by molar-refractivity contribution is 0.415. The number of nitrogen functional groups attached to an aromatic ring is 1. The number of hydrazine groups is 1. The molecule has 0 atom stereocenters. The van der Waals surface area contributed by atoms with Crippen molar-refractivity contribution in [1.82, 2.24) is 5.01 Å². The van der Waals surface area contributed by atoms with Crippen molar-refractivity contribution in [3.05, 3.63) is 30.0 Å². The van der Waals surface area contributed by atoms with Crippen LogP contribution in [-0.2, 0) is 0 Å². The van der Waals surface area contributed by atoms with Gasteiger partial charge in [-0.15, -0.1) is 0 Å². The van der Waals surface area contributed by atoms with E-state index in [1.54, 1.807) is 26.4 Å². The van der Waals surface area contributed by atoms with Crippen LogP contribution in [0, 0.1) is 0 Å². The number of nitrogens with zero attached hydrogens (tertiary/aromatic N) is 1. The van der Waals surface area contributed by atoms with Gasteiger partial charge in [-0.2, -0.15) is 0 Å². The van der Waals surface area contributed by atoms with Crippen LogP contribution >= 0.6 is 0 Å². The molecule has 96 valence electrons. The van der Waals surface area contributed by atoms with Gasteiger partial charge in [0, 0.05) is 18.8 Å². The third-order valence-electron chi connectivity index (χ3n) is 1.90. The fraction of sp³-hybridized carbons (Fsp3) is 0.333. The molecule has 5 heteroatoms. The van der Waals surface area contributed by atoms with Gasteiger partial charge in [-0.1, -0.05) is 19.9 Å². The molecule has 0 aromatic heterocycles. The molecular formula is C12H22N4O. The predicted molar refractivity (Wildman–Crippen MR) is 72.9 cm³/mol. The SMILES string of the molecule is CC.COc1c(N)cccc1/C(N)=C/N(C)N. The second-order valence-electron chi connectivity index (χ2n) is 3.18. The Morgan fingerprint density at radius 3 is 2.41 bits per heavy atom. The van der Waals surface area contributed by atoms with E-state index in [0.717, 1.165) is 5.56 Å². The highest BCUT2D eigenvalue weighted by molar-refractivity contribution is 5.73. The lowest BCUT2D eigenvalue weighted by Gasteiger charge is -2.13. The summed E-state index contributed by atoms with van der Waals surface area (Å²) in [5, 5.41) is 1.37. The standard InChI is InChI=1S/C10H16N4O.C2H6/c1-14(13)6-9(12)7-4-3-5-8(11)10(7)15-2;1-2/h3-6H,11-13H2,1-2H3;1-2H3/b9-6-;. The minimum Gasteiger partial charge on any atom is -0.494 e. The highest BCUT2D eigenvalue weighted by atomic mass is 16.5. The van der Waals surface area contributed by atoms with Gasteiger partial charge in [-0.05, 0) is 12.1 Å². The van der Waals surface area contributed by atoms with Crippen LogP contribution in [0.2, 0.25) is 0 Å². The van der Waals surface area contributed by atoms with Crippen molar-refractivity contribution in [3.8, 4) is 5.75 Å². The van der Waals surface area contributed by atoms with Crippen LogP contribution in [0.5, 0.6) is 5.75 Å². The zero-order chi connectivity index (χ0) is 13.4. The fourth-order valence-corrected chi connectivity index (χ4v) is 1.30. The molecule has 1 rings (SSSR count). The van der Waals surface area contributed by atoms with Crippen molar-refractivity contribution in [1.29, 1.82) is 0 Å². The third-order valence-corrected chi connectivity index (χ3v) is 1.90. The highest BCUT2D eigenvalue weighted by Crippen LogP contribution is 2.29. The van der Waals surface area contributed by atoms with Gasteiger partial charge in [0.1, 0.15) is 0 Å². The number of ether oxygens (including phenoxy) is 1. The Labute approximate surface area is 103 Å². The first-order valence-electron chi connectivity index (χ1n) is 5.44. The summed E-state index contributed by atoms with van der Waals surface area (Å²) in [5.41, 5.74) is 13.4. The predicted octanol–water partition coefficient (Wildman–Crippen LogP) is 1.37. The van der Waals surface area contributed by atoms with Gasteiger partial charge in [0.2, 0.25) is 0 Å². The molecule has 0 saturated carbocycles. The summed E-state index contributed by atoms with van der Waals surface area (Å²) in [7, 11) is 3.24. The van der Waals surface area contributed by atoms with E-state index in [-0.39, 0.29) is 0 Å². The van der Waals surface area contributed by atoms with Crippen molar-refractivity contribution >= 4 is 11.4 Å². The molecule has 0 aliphatic heterocycles. The topological polar surface area (TPSA) is 90.5 Å². The van der Waals surface area contributed by atoms with Crippen LogP contribution < -0.4 is 22.0 Å². The van der Waals surface area contributed by atoms with Crippen molar-refractivity contribution in [2.75, 3.05) is 19.9 Å². The molecule has 0 heterocycles. The highest BCUT2D eigenvalue weighted by Gasteiger charge is 2.08. The van der Waals surface area contributed by atoms with Gasteiger partial charge < -0.3 is 21.2 Å². The molecule has 0 aliphatic rings. The second-order valence-corrected chi connectivity index (χ2v) is 3.18. The van der Waals surface area contributed by atoms with E-state index in [1.807, 2.05) is 26.0 Å². The maximum Gasteiger partial charge on any atom is 0.151 e. The molecule has 0 fully saturated rings. The Kier molecular flexibility index (Phi) is 6.58. The summed E-state index contributed by atoms with van der Waals surface area (Å²) in [6, 6.07) is 5.39. The van der Waals surface area contributed by atoms with E-state index < -0.39 is 0 Å². The number of anilines is 1. The van der Waals surface area contributed by atoms with E-state index in [9.17, 15) is 0 Å².